The number of benzene rings is 2. The van der Waals surface area contributed by atoms with Crippen LogP contribution in [0.5, 0.6) is 0 Å². The van der Waals surface area contributed by atoms with Crippen molar-refractivity contribution in [2.45, 2.75) is 0 Å². The van der Waals surface area contributed by atoms with Crippen LogP contribution >= 0.6 is 0 Å². The lowest BCUT2D eigenvalue weighted by molar-refractivity contribution is 0.262. The highest BCUT2D eigenvalue weighted by molar-refractivity contribution is 6.01. The summed E-state index contributed by atoms with van der Waals surface area (Å²) >= 11 is 0. The first-order valence-electron chi connectivity index (χ1n) is 6.39. The van der Waals surface area contributed by atoms with Crippen molar-refractivity contribution in [2.24, 2.45) is 0 Å². The Labute approximate surface area is 124 Å². The second-order valence-electron chi connectivity index (χ2n) is 4.37. The molecule has 0 aliphatic rings. The molecule has 7 nitrogen and oxygen atoms in total. The first kappa shape index (κ1) is 13.7. The molecule has 1 aromatic heterocycles. The number of aromatic amines is 1. The number of hydrogen-bond acceptors (Lipinski definition) is 4. The van der Waals surface area contributed by atoms with Crippen molar-refractivity contribution in [1.82, 2.24) is 20.6 Å². The van der Waals surface area contributed by atoms with Crippen LogP contribution < -0.4 is 10.6 Å². The van der Waals surface area contributed by atoms with Crippen LogP contribution in [-0.2, 0) is 0 Å². The first-order chi connectivity index (χ1) is 10.7. The SMILES string of the molecule is O=C(Nc1cccc(F)c1)Nc1ccccc1-c1nn[nH]n1. The third kappa shape index (κ3) is 3.06. The Morgan fingerprint density at radius 3 is 2.73 bits per heavy atom. The van der Waals surface area contributed by atoms with Gasteiger partial charge in [-0.25, -0.2) is 9.18 Å². The quantitative estimate of drug-likeness (QED) is 0.692. The van der Waals surface area contributed by atoms with Gasteiger partial charge in [0.05, 0.1) is 5.69 Å². The fourth-order valence-corrected chi connectivity index (χ4v) is 1.91. The summed E-state index contributed by atoms with van der Waals surface area (Å²) in [7, 11) is 0. The Hall–Kier alpha value is -3.29. The van der Waals surface area contributed by atoms with E-state index in [1.807, 2.05) is 0 Å². The minimum Gasteiger partial charge on any atom is -0.308 e. The molecule has 0 aliphatic carbocycles. The normalized spacial score (nSPS) is 10.2. The largest absolute Gasteiger partial charge is 0.323 e. The maximum atomic E-state index is 13.1. The zero-order valence-corrected chi connectivity index (χ0v) is 11.2. The van der Waals surface area contributed by atoms with Crippen molar-refractivity contribution in [3.63, 3.8) is 0 Å². The van der Waals surface area contributed by atoms with Gasteiger partial charge in [-0.05, 0) is 35.5 Å². The number of nitrogens with one attached hydrogen (secondary N) is 3. The van der Waals surface area contributed by atoms with Gasteiger partial charge in [-0.2, -0.15) is 5.21 Å². The van der Waals surface area contributed by atoms with Gasteiger partial charge in [-0.3, -0.25) is 0 Å². The van der Waals surface area contributed by atoms with Gasteiger partial charge >= 0.3 is 6.03 Å². The van der Waals surface area contributed by atoms with E-state index in [2.05, 4.69) is 31.3 Å². The van der Waals surface area contributed by atoms with Crippen molar-refractivity contribution < 1.29 is 9.18 Å². The molecule has 0 aliphatic heterocycles. The number of para-hydroxylation sites is 1. The summed E-state index contributed by atoms with van der Waals surface area (Å²) in [6.07, 6.45) is 0. The molecule has 0 saturated heterocycles. The van der Waals surface area contributed by atoms with E-state index in [4.69, 9.17) is 0 Å². The number of hydrogen-bond donors (Lipinski definition) is 3. The number of H-pyrrole nitrogens is 1. The van der Waals surface area contributed by atoms with E-state index in [9.17, 15) is 9.18 Å². The molecule has 2 aromatic carbocycles. The predicted molar refractivity (Wildman–Crippen MR) is 78.7 cm³/mol. The molecule has 0 bridgehead atoms. The molecular weight excluding hydrogens is 287 g/mol. The van der Waals surface area contributed by atoms with Crippen molar-refractivity contribution in [3.8, 4) is 11.4 Å². The van der Waals surface area contributed by atoms with Crippen LogP contribution in [-0.4, -0.2) is 26.7 Å². The maximum absolute atomic E-state index is 13.1. The summed E-state index contributed by atoms with van der Waals surface area (Å²) in [5, 5.41) is 18.8. The minimum absolute atomic E-state index is 0.356. The van der Waals surface area contributed by atoms with Gasteiger partial charge in [0.25, 0.3) is 0 Å². The van der Waals surface area contributed by atoms with E-state index in [1.165, 1.54) is 18.2 Å². The van der Waals surface area contributed by atoms with Crippen molar-refractivity contribution in [3.05, 3.63) is 54.3 Å². The summed E-state index contributed by atoms with van der Waals surface area (Å²) in [5.74, 6) is -0.0633. The predicted octanol–water partition coefficient (Wildman–Crippen LogP) is 2.65. The number of tetrazole rings is 1. The maximum Gasteiger partial charge on any atom is 0.323 e. The molecule has 0 atom stereocenters. The number of aromatic nitrogens is 4. The Bertz CT molecular complexity index is 790. The summed E-state index contributed by atoms with van der Waals surface area (Å²) in [6.45, 7) is 0. The molecule has 3 N–H and O–H groups in total. The lowest BCUT2D eigenvalue weighted by atomic mass is 10.1. The first-order valence-corrected chi connectivity index (χ1v) is 6.39. The minimum atomic E-state index is -0.499. The molecule has 0 fully saturated rings. The molecule has 3 rings (SSSR count). The van der Waals surface area contributed by atoms with E-state index in [1.54, 1.807) is 30.3 Å². The van der Waals surface area contributed by atoms with Crippen LogP contribution in [0.2, 0.25) is 0 Å². The van der Waals surface area contributed by atoms with Crippen LogP contribution in [0.25, 0.3) is 11.4 Å². The number of rotatable bonds is 3. The van der Waals surface area contributed by atoms with Gasteiger partial charge in [-0.1, -0.05) is 18.2 Å². The number of anilines is 2. The summed E-state index contributed by atoms with van der Waals surface area (Å²) in [5.41, 5.74) is 1.48. The van der Waals surface area contributed by atoms with Gasteiger partial charge in [0.1, 0.15) is 5.82 Å². The molecule has 1 heterocycles. The molecule has 0 radical (unpaired) electrons. The highest BCUT2D eigenvalue weighted by atomic mass is 19.1. The van der Waals surface area contributed by atoms with Crippen LogP contribution in [0.3, 0.4) is 0 Å². The lowest BCUT2D eigenvalue weighted by Gasteiger charge is -2.10. The fraction of sp³-hybridized carbons (Fsp3) is 0. The number of amides is 2. The second kappa shape index (κ2) is 6.00. The molecule has 3 aromatic rings. The average molecular weight is 298 g/mol. The summed E-state index contributed by atoms with van der Waals surface area (Å²) in [6, 6.07) is 12.1. The van der Waals surface area contributed by atoms with Gasteiger partial charge in [-0.15, -0.1) is 10.2 Å². The lowest BCUT2D eigenvalue weighted by Crippen LogP contribution is -2.20. The van der Waals surface area contributed by atoms with Gasteiger partial charge in [0.15, 0.2) is 0 Å². The van der Waals surface area contributed by atoms with Crippen molar-refractivity contribution in [2.75, 3.05) is 10.6 Å². The average Bonchev–Trinajstić information content (AvgIpc) is 3.02. The number of carbonyl (C=O) groups excluding carboxylic acids is 1. The van der Waals surface area contributed by atoms with Gasteiger partial charge in [0, 0.05) is 11.3 Å². The Kier molecular flexibility index (Phi) is 3.73. The van der Waals surface area contributed by atoms with Crippen LogP contribution in [0, 0.1) is 5.82 Å². The summed E-state index contributed by atoms with van der Waals surface area (Å²) in [4.78, 5) is 12.0. The molecule has 0 spiro atoms. The molecule has 0 unspecified atom stereocenters. The van der Waals surface area contributed by atoms with E-state index >= 15 is 0 Å². The monoisotopic (exact) mass is 298 g/mol. The number of urea groups is 1. The molecule has 110 valence electrons. The van der Waals surface area contributed by atoms with Crippen LogP contribution in [0.4, 0.5) is 20.6 Å². The van der Waals surface area contributed by atoms with Crippen molar-refractivity contribution in [1.29, 1.82) is 0 Å². The number of halogens is 1. The highest BCUT2D eigenvalue weighted by Gasteiger charge is 2.11. The van der Waals surface area contributed by atoms with E-state index < -0.39 is 11.8 Å². The zero-order chi connectivity index (χ0) is 15.4. The molecule has 8 heteroatoms. The number of carbonyl (C=O) groups is 1. The Balaban J connectivity index is 1.77. The molecule has 22 heavy (non-hydrogen) atoms. The topological polar surface area (TPSA) is 95.6 Å². The molecular formula is C14H11FN6O. The zero-order valence-electron chi connectivity index (χ0n) is 11.2. The Morgan fingerprint density at radius 1 is 1.09 bits per heavy atom. The van der Waals surface area contributed by atoms with Crippen LogP contribution in [0.15, 0.2) is 48.5 Å². The van der Waals surface area contributed by atoms with Crippen LogP contribution in [0.1, 0.15) is 0 Å². The third-order valence-electron chi connectivity index (χ3n) is 2.84. The highest BCUT2D eigenvalue weighted by Crippen LogP contribution is 2.24. The molecule has 2 amide bonds. The fourth-order valence-electron chi connectivity index (χ4n) is 1.91. The van der Waals surface area contributed by atoms with Crippen molar-refractivity contribution >= 4 is 17.4 Å². The van der Waals surface area contributed by atoms with E-state index in [0.717, 1.165) is 0 Å². The second-order valence-corrected chi connectivity index (χ2v) is 4.37. The standard InChI is InChI=1S/C14H11FN6O/c15-9-4-3-5-10(8-9)16-14(22)17-12-7-2-1-6-11(12)13-18-20-21-19-13/h1-8H,(H2,16,17,22)(H,18,19,20,21). The van der Waals surface area contributed by atoms with E-state index in [0.29, 0.717) is 22.8 Å². The number of nitrogens with zero attached hydrogens (tertiary/aromatic N) is 3. The van der Waals surface area contributed by atoms with Gasteiger partial charge < -0.3 is 10.6 Å². The van der Waals surface area contributed by atoms with Gasteiger partial charge in [0.2, 0.25) is 5.82 Å². The molecule has 0 saturated carbocycles. The Morgan fingerprint density at radius 2 is 1.95 bits per heavy atom. The summed E-state index contributed by atoms with van der Waals surface area (Å²) < 4.78 is 13.1. The third-order valence-corrected chi connectivity index (χ3v) is 2.84. The van der Waals surface area contributed by atoms with E-state index in [-0.39, 0.29) is 0 Å². The smallest absolute Gasteiger partial charge is 0.308 e.